The summed E-state index contributed by atoms with van der Waals surface area (Å²) in [5.41, 5.74) is 4.89. The maximum Gasteiger partial charge on any atom is 0.185 e. The largest absolute Gasteiger partial charge is 0.350 e. The molecule has 1 saturated heterocycles. The maximum absolute atomic E-state index is 13.7. The second-order valence-electron chi connectivity index (χ2n) is 12.4. The van der Waals surface area contributed by atoms with Crippen LogP contribution >= 0.6 is 0 Å². The van der Waals surface area contributed by atoms with Crippen LogP contribution < -0.4 is 0 Å². The molecule has 218 valence electrons. The Kier molecular flexibility index (Phi) is 12.9. The fourth-order valence-electron chi connectivity index (χ4n) is 4.60. The smallest absolute Gasteiger partial charge is 0.185 e. The van der Waals surface area contributed by atoms with E-state index in [-0.39, 0.29) is 5.41 Å². The highest BCUT2D eigenvalue weighted by Crippen LogP contribution is 2.33. The van der Waals surface area contributed by atoms with E-state index >= 15 is 0 Å². The predicted molar refractivity (Wildman–Crippen MR) is 165 cm³/mol. The lowest BCUT2D eigenvalue weighted by Crippen LogP contribution is -2.45. The molecule has 39 heavy (non-hydrogen) atoms. The van der Waals surface area contributed by atoms with Crippen molar-refractivity contribution in [2.75, 3.05) is 13.2 Å². The summed E-state index contributed by atoms with van der Waals surface area (Å²) < 4.78 is 39.5. The molecule has 0 aromatic heterocycles. The van der Waals surface area contributed by atoms with E-state index < -0.39 is 20.9 Å². The Labute approximate surface area is 239 Å². The molecule has 1 unspecified atom stereocenters. The van der Waals surface area contributed by atoms with Gasteiger partial charge in [-0.15, -0.1) is 0 Å². The average molecular weight is 557 g/mol. The van der Waals surface area contributed by atoms with Crippen molar-refractivity contribution >= 4 is 9.84 Å². The molecule has 2 rings (SSSR count). The molecule has 0 saturated carbocycles. The molecule has 1 fully saturated rings. The van der Waals surface area contributed by atoms with Gasteiger partial charge in [-0.05, 0) is 92.2 Å². The molecule has 1 aliphatic heterocycles. The van der Waals surface area contributed by atoms with Crippen LogP contribution in [-0.4, -0.2) is 32.7 Å². The highest BCUT2D eigenvalue weighted by Gasteiger charge is 2.36. The summed E-state index contributed by atoms with van der Waals surface area (Å²) >= 11 is 0. The summed E-state index contributed by atoms with van der Waals surface area (Å²) in [7, 11) is -3.53. The van der Waals surface area contributed by atoms with Crippen molar-refractivity contribution in [1.82, 2.24) is 0 Å². The van der Waals surface area contributed by atoms with Gasteiger partial charge in [0.1, 0.15) is 0 Å². The lowest BCUT2D eigenvalue weighted by molar-refractivity contribution is -0.291. The summed E-state index contributed by atoms with van der Waals surface area (Å²) in [6.45, 7) is 18.1. The Morgan fingerprint density at radius 2 is 1.38 bits per heavy atom. The van der Waals surface area contributed by atoms with E-state index in [2.05, 4.69) is 65.8 Å². The van der Waals surface area contributed by atoms with Gasteiger partial charge in [-0.1, -0.05) is 78.6 Å². The van der Waals surface area contributed by atoms with Crippen LogP contribution in [0, 0.1) is 5.41 Å². The number of hydrogen-bond donors (Lipinski definition) is 0. The zero-order chi connectivity index (χ0) is 29.1. The van der Waals surface area contributed by atoms with E-state index in [1.807, 2.05) is 19.9 Å². The summed E-state index contributed by atoms with van der Waals surface area (Å²) in [5.74, 6) is -0.631. The van der Waals surface area contributed by atoms with Crippen LogP contribution in [0.15, 0.2) is 81.8 Å². The third-order valence-electron chi connectivity index (χ3n) is 7.36. The zero-order valence-electron chi connectivity index (χ0n) is 25.7. The van der Waals surface area contributed by atoms with Crippen molar-refractivity contribution < 1.29 is 17.9 Å². The van der Waals surface area contributed by atoms with Crippen LogP contribution in [0.4, 0.5) is 0 Å². The molecule has 1 atom stereocenters. The minimum absolute atomic E-state index is 0.0182. The van der Waals surface area contributed by atoms with E-state index in [9.17, 15) is 8.42 Å². The van der Waals surface area contributed by atoms with Crippen molar-refractivity contribution in [3.8, 4) is 0 Å². The van der Waals surface area contributed by atoms with E-state index in [1.54, 1.807) is 24.3 Å². The van der Waals surface area contributed by atoms with Gasteiger partial charge >= 0.3 is 0 Å². The molecule has 1 aromatic carbocycles. The van der Waals surface area contributed by atoms with Gasteiger partial charge in [-0.2, -0.15) is 0 Å². The first-order valence-electron chi connectivity index (χ1n) is 14.4. The van der Waals surface area contributed by atoms with Gasteiger partial charge in [0.15, 0.2) is 15.6 Å². The van der Waals surface area contributed by atoms with E-state index in [0.717, 1.165) is 31.3 Å². The Morgan fingerprint density at radius 1 is 0.821 bits per heavy atom. The average Bonchev–Trinajstić information content (AvgIpc) is 2.86. The van der Waals surface area contributed by atoms with E-state index in [1.165, 1.54) is 16.7 Å². The first kappa shape index (κ1) is 33.3. The van der Waals surface area contributed by atoms with Crippen LogP contribution in [0.5, 0.6) is 0 Å². The molecule has 5 heteroatoms. The van der Waals surface area contributed by atoms with Gasteiger partial charge in [-0.25, -0.2) is 8.42 Å². The summed E-state index contributed by atoms with van der Waals surface area (Å²) in [6, 6.07) is 8.82. The molecule has 0 N–H and O–H groups in total. The number of rotatable bonds is 14. The number of hydrogen-bond acceptors (Lipinski definition) is 4. The molecule has 0 spiro atoms. The highest BCUT2D eigenvalue weighted by atomic mass is 32.2. The van der Waals surface area contributed by atoms with Crippen LogP contribution in [0.25, 0.3) is 0 Å². The third-order valence-corrected chi connectivity index (χ3v) is 9.60. The first-order valence-corrected chi connectivity index (χ1v) is 16.0. The second-order valence-corrected chi connectivity index (χ2v) is 14.5. The first-order chi connectivity index (χ1) is 18.2. The Balaban J connectivity index is 2.10. The third kappa shape index (κ3) is 11.6. The fourth-order valence-corrected chi connectivity index (χ4v) is 6.40. The fraction of sp³-hybridized carbons (Fsp3) is 0.588. The molecular formula is C34H52O4S. The summed E-state index contributed by atoms with van der Waals surface area (Å²) in [6.07, 6.45) is 14.7. The van der Waals surface area contributed by atoms with Crippen LogP contribution in [-0.2, 0) is 19.3 Å². The van der Waals surface area contributed by atoms with E-state index in [0.29, 0.717) is 37.4 Å². The topological polar surface area (TPSA) is 52.6 Å². The SMILES string of the molecule is CC(C)=CCCC(C)=CCCC(C)=CCC(C(C)=CCCC1(C)OCC(C)(C)CO1)S(=O)(=O)c1ccccc1. The van der Waals surface area contributed by atoms with Crippen molar-refractivity contribution in [2.45, 2.75) is 116 Å². The Bertz CT molecular complexity index is 1120. The van der Waals surface area contributed by atoms with Gasteiger partial charge in [0, 0.05) is 11.8 Å². The lowest BCUT2D eigenvalue weighted by atomic mass is 9.94. The molecule has 0 amide bonds. The van der Waals surface area contributed by atoms with Gasteiger partial charge in [-0.3, -0.25) is 0 Å². The normalized spacial score (nSPS) is 19.0. The number of benzene rings is 1. The molecule has 1 heterocycles. The Morgan fingerprint density at radius 3 is 1.97 bits per heavy atom. The van der Waals surface area contributed by atoms with Crippen LogP contribution in [0.1, 0.15) is 100 Å². The molecule has 1 aromatic rings. The molecule has 1 aliphatic rings. The highest BCUT2D eigenvalue weighted by molar-refractivity contribution is 7.92. The van der Waals surface area contributed by atoms with Crippen molar-refractivity contribution in [3.05, 3.63) is 76.9 Å². The van der Waals surface area contributed by atoms with Gasteiger partial charge < -0.3 is 9.47 Å². The van der Waals surface area contributed by atoms with Gasteiger partial charge in [0.2, 0.25) is 0 Å². The maximum atomic E-state index is 13.7. The summed E-state index contributed by atoms with van der Waals surface area (Å²) in [4.78, 5) is 0.372. The molecule has 4 nitrogen and oxygen atoms in total. The molecular weight excluding hydrogens is 504 g/mol. The van der Waals surface area contributed by atoms with Crippen molar-refractivity contribution in [1.29, 1.82) is 0 Å². The number of allylic oxidation sites excluding steroid dienone is 7. The minimum Gasteiger partial charge on any atom is -0.350 e. The number of sulfone groups is 1. The predicted octanol–water partition coefficient (Wildman–Crippen LogP) is 9.15. The van der Waals surface area contributed by atoms with Crippen LogP contribution in [0.3, 0.4) is 0 Å². The Hall–Kier alpha value is -1.95. The zero-order valence-corrected chi connectivity index (χ0v) is 26.5. The second kappa shape index (κ2) is 15.2. The quantitative estimate of drug-likeness (QED) is 0.214. The van der Waals surface area contributed by atoms with Crippen molar-refractivity contribution in [2.24, 2.45) is 5.41 Å². The number of ether oxygens (including phenoxy) is 2. The van der Waals surface area contributed by atoms with E-state index in [4.69, 9.17) is 9.47 Å². The molecule has 0 aliphatic carbocycles. The molecule has 0 radical (unpaired) electrons. The lowest BCUT2D eigenvalue weighted by Gasteiger charge is -2.41. The van der Waals surface area contributed by atoms with Gasteiger partial charge in [0.05, 0.1) is 23.4 Å². The van der Waals surface area contributed by atoms with Crippen LogP contribution in [0.2, 0.25) is 0 Å². The standard InChI is InChI=1S/C34H52O4S/c1-27(2)15-12-16-28(3)17-13-18-29(4)22-23-32(39(35,36)31-20-10-9-11-21-31)30(5)19-14-24-34(8)37-25-33(6,7)26-38-34/h9-11,15,17,19-22,32H,12-14,16,18,23-26H2,1-8H3. The van der Waals surface area contributed by atoms with Gasteiger partial charge in [0.25, 0.3) is 0 Å². The summed E-state index contributed by atoms with van der Waals surface area (Å²) in [5, 5.41) is -0.601. The van der Waals surface area contributed by atoms with Crippen molar-refractivity contribution in [3.63, 3.8) is 0 Å². The monoisotopic (exact) mass is 556 g/mol. The minimum atomic E-state index is -3.53. The molecule has 0 bridgehead atoms.